The Morgan fingerprint density at radius 1 is 1.14 bits per heavy atom. The Kier molecular flexibility index (Phi) is 6.21. The number of halogens is 1. The molecule has 0 saturated heterocycles. The molecule has 21 heavy (non-hydrogen) atoms. The standard InChI is InChI=1S/C17H21N2O.BrH/c1-12-6-5-7-13(2)17(12)10-16(20)11-19-9-8-18-14(3)15(19)4;/h5-9H,10-11H2,1-4H3;1H/q+1;/p-1. The monoisotopic (exact) mass is 348 g/mol. The molecule has 0 aliphatic heterocycles. The summed E-state index contributed by atoms with van der Waals surface area (Å²) in [7, 11) is 0. The van der Waals surface area contributed by atoms with Crippen molar-refractivity contribution >= 4 is 5.78 Å². The molecule has 0 saturated carbocycles. The molecule has 4 heteroatoms. The second-order valence-electron chi connectivity index (χ2n) is 5.31. The van der Waals surface area contributed by atoms with Crippen LogP contribution in [0.25, 0.3) is 0 Å². The van der Waals surface area contributed by atoms with E-state index >= 15 is 0 Å². The highest BCUT2D eigenvalue weighted by Crippen LogP contribution is 2.14. The summed E-state index contributed by atoms with van der Waals surface area (Å²) in [4.78, 5) is 16.5. The average Bonchev–Trinajstić information content (AvgIpc) is 2.39. The first kappa shape index (κ1) is 17.5. The third kappa shape index (κ3) is 4.21. The minimum Gasteiger partial charge on any atom is -1.00 e. The number of carbonyl (C=O) groups excluding carboxylic acids is 1. The van der Waals surface area contributed by atoms with Gasteiger partial charge in [0, 0.05) is 13.3 Å². The molecule has 3 nitrogen and oxygen atoms in total. The van der Waals surface area contributed by atoms with E-state index in [1.807, 2.05) is 30.7 Å². The lowest BCUT2D eigenvalue weighted by Gasteiger charge is -2.08. The first-order valence-corrected chi connectivity index (χ1v) is 6.87. The fourth-order valence-electron chi connectivity index (χ4n) is 2.38. The predicted octanol–water partition coefficient (Wildman–Crippen LogP) is -0.581. The third-order valence-corrected chi connectivity index (χ3v) is 3.83. The van der Waals surface area contributed by atoms with Crippen molar-refractivity contribution in [1.82, 2.24) is 4.98 Å². The topological polar surface area (TPSA) is 33.8 Å². The molecule has 0 aliphatic rings. The Balaban J connectivity index is 0.00000220. The van der Waals surface area contributed by atoms with E-state index in [2.05, 4.69) is 31.0 Å². The normalized spacial score (nSPS) is 10.1. The molecule has 1 aromatic carbocycles. The molecule has 0 N–H and O–H groups in total. The van der Waals surface area contributed by atoms with Crippen molar-refractivity contribution in [2.24, 2.45) is 0 Å². The highest BCUT2D eigenvalue weighted by molar-refractivity contribution is 5.80. The minimum atomic E-state index is 0. The largest absolute Gasteiger partial charge is 1.00 e. The molecular formula is C17H21BrN2O. The average molecular weight is 349 g/mol. The van der Waals surface area contributed by atoms with Gasteiger partial charge in [0.15, 0.2) is 11.9 Å². The van der Waals surface area contributed by atoms with Crippen LogP contribution in [0.1, 0.15) is 28.1 Å². The van der Waals surface area contributed by atoms with Crippen molar-refractivity contribution in [2.45, 2.75) is 40.7 Å². The number of rotatable bonds is 4. The highest BCUT2D eigenvalue weighted by Gasteiger charge is 2.16. The number of aryl methyl sites for hydroxylation is 3. The van der Waals surface area contributed by atoms with Gasteiger partial charge in [-0.1, -0.05) is 18.2 Å². The first-order chi connectivity index (χ1) is 9.49. The summed E-state index contributed by atoms with van der Waals surface area (Å²) >= 11 is 0. The lowest BCUT2D eigenvalue weighted by molar-refractivity contribution is -0.691. The van der Waals surface area contributed by atoms with E-state index < -0.39 is 0 Å². The summed E-state index contributed by atoms with van der Waals surface area (Å²) in [5.74, 6) is 0.223. The van der Waals surface area contributed by atoms with Gasteiger partial charge >= 0.3 is 0 Å². The second-order valence-corrected chi connectivity index (χ2v) is 5.31. The number of hydrogen-bond acceptors (Lipinski definition) is 2. The van der Waals surface area contributed by atoms with Crippen LogP contribution in [0.4, 0.5) is 0 Å². The van der Waals surface area contributed by atoms with Gasteiger partial charge in [-0.25, -0.2) is 4.98 Å². The van der Waals surface area contributed by atoms with Crippen LogP contribution in [-0.4, -0.2) is 10.8 Å². The van der Waals surface area contributed by atoms with E-state index in [0.29, 0.717) is 13.0 Å². The summed E-state index contributed by atoms with van der Waals surface area (Å²) < 4.78 is 1.97. The smallest absolute Gasteiger partial charge is 0.207 e. The van der Waals surface area contributed by atoms with Crippen LogP contribution >= 0.6 is 0 Å². The third-order valence-electron chi connectivity index (χ3n) is 3.83. The van der Waals surface area contributed by atoms with E-state index in [4.69, 9.17) is 0 Å². The molecule has 0 radical (unpaired) electrons. The predicted molar refractivity (Wildman–Crippen MR) is 78.5 cm³/mol. The highest BCUT2D eigenvalue weighted by atomic mass is 79.9. The summed E-state index contributed by atoms with van der Waals surface area (Å²) in [6.07, 6.45) is 4.10. The number of benzene rings is 1. The SMILES string of the molecule is Cc1cccc(C)c1CC(=O)C[n+]1ccnc(C)c1C.[Br-]. The molecule has 2 aromatic rings. The van der Waals surface area contributed by atoms with E-state index in [0.717, 1.165) is 17.0 Å². The van der Waals surface area contributed by atoms with Gasteiger partial charge in [0.1, 0.15) is 5.69 Å². The Labute approximate surface area is 136 Å². The maximum Gasteiger partial charge on any atom is 0.207 e. The molecule has 0 bridgehead atoms. The van der Waals surface area contributed by atoms with E-state index in [9.17, 15) is 4.79 Å². The lowest BCUT2D eigenvalue weighted by atomic mass is 9.98. The molecule has 0 fully saturated rings. The Hall–Kier alpha value is -1.55. The summed E-state index contributed by atoms with van der Waals surface area (Å²) in [6.45, 7) is 8.48. The summed E-state index contributed by atoms with van der Waals surface area (Å²) in [5.41, 5.74) is 5.54. The van der Waals surface area contributed by atoms with Gasteiger partial charge in [0.2, 0.25) is 12.3 Å². The molecular weight excluding hydrogens is 328 g/mol. The number of ketones is 1. The maximum atomic E-state index is 12.3. The first-order valence-electron chi connectivity index (χ1n) is 6.87. The number of aromatic nitrogens is 2. The van der Waals surface area contributed by atoms with Gasteiger partial charge < -0.3 is 17.0 Å². The number of Topliss-reactive ketones (excluding diaryl/α,β-unsaturated/α-hetero) is 1. The molecule has 0 aliphatic carbocycles. The van der Waals surface area contributed by atoms with E-state index in [1.165, 1.54) is 11.1 Å². The summed E-state index contributed by atoms with van der Waals surface area (Å²) in [5, 5.41) is 0. The summed E-state index contributed by atoms with van der Waals surface area (Å²) in [6, 6.07) is 6.15. The van der Waals surface area contributed by atoms with Crippen molar-refractivity contribution in [3.63, 3.8) is 0 Å². The van der Waals surface area contributed by atoms with Crippen LogP contribution in [0.2, 0.25) is 0 Å². The Morgan fingerprint density at radius 3 is 2.38 bits per heavy atom. The van der Waals surface area contributed by atoms with Gasteiger partial charge in [0.25, 0.3) is 0 Å². The zero-order valence-electron chi connectivity index (χ0n) is 13.0. The zero-order chi connectivity index (χ0) is 14.7. The molecule has 0 spiro atoms. The Morgan fingerprint density at radius 2 is 1.76 bits per heavy atom. The second kappa shape index (κ2) is 7.46. The van der Waals surface area contributed by atoms with Crippen molar-refractivity contribution in [3.05, 3.63) is 58.7 Å². The molecule has 0 atom stereocenters. The van der Waals surface area contributed by atoms with Crippen molar-refractivity contribution in [1.29, 1.82) is 0 Å². The quantitative estimate of drug-likeness (QED) is 0.692. The number of hydrogen-bond donors (Lipinski definition) is 0. The number of nitrogens with zero attached hydrogens (tertiary/aromatic N) is 2. The van der Waals surface area contributed by atoms with Crippen LogP contribution < -0.4 is 21.5 Å². The van der Waals surface area contributed by atoms with Gasteiger partial charge in [-0.3, -0.25) is 4.79 Å². The molecule has 0 unspecified atom stereocenters. The van der Waals surface area contributed by atoms with Gasteiger partial charge in [-0.2, -0.15) is 4.57 Å². The van der Waals surface area contributed by atoms with Crippen molar-refractivity contribution in [3.8, 4) is 0 Å². The van der Waals surface area contributed by atoms with Crippen LogP contribution in [0.15, 0.2) is 30.6 Å². The van der Waals surface area contributed by atoms with Crippen molar-refractivity contribution in [2.75, 3.05) is 0 Å². The zero-order valence-corrected chi connectivity index (χ0v) is 14.6. The molecule has 112 valence electrons. The molecule has 0 amide bonds. The van der Waals surface area contributed by atoms with E-state index in [1.54, 1.807) is 6.20 Å². The van der Waals surface area contributed by atoms with Crippen LogP contribution in [-0.2, 0) is 17.8 Å². The van der Waals surface area contributed by atoms with Crippen LogP contribution in [0, 0.1) is 27.7 Å². The fourth-order valence-corrected chi connectivity index (χ4v) is 2.38. The Bertz CT molecular complexity index is 633. The molecule has 1 aromatic heterocycles. The maximum absolute atomic E-state index is 12.3. The number of carbonyl (C=O) groups is 1. The minimum absolute atomic E-state index is 0. The van der Waals surface area contributed by atoms with Crippen LogP contribution in [0.5, 0.6) is 0 Å². The molecule has 2 rings (SSSR count). The van der Waals surface area contributed by atoms with Gasteiger partial charge in [-0.05, 0) is 37.5 Å². The van der Waals surface area contributed by atoms with Crippen LogP contribution in [0.3, 0.4) is 0 Å². The van der Waals surface area contributed by atoms with Crippen molar-refractivity contribution < 1.29 is 26.3 Å². The fraction of sp³-hybridized carbons (Fsp3) is 0.353. The molecule has 1 heterocycles. The van der Waals surface area contributed by atoms with Gasteiger partial charge in [0.05, 0.1) is 6.20 Å². The lowest BCUT2D eigenvalue weighted by Crippen LogP contribution is -3.00. The van der Waals surface area contributed by atoms with E-state index in [-0.39, 0.29) is 22.8 Å². The van der Waals surface area contributed by atoms with Gasteiger partial charge in [-0.15, -0.1) is 0 Å².